The molecule has 0 unspecified atom stereocenters. The first-order valence-corrected chi connectivity index (χ1v) is 7.32. The molecule has 0 aliphatic heterocycles. The van der Waals surface area contributed by atoms with Crippen LogP contribution in [0.4, 0.5) is 0 Å². The van der Waals surface area contributed by atoms with Crippen molar-refractivity contribution in [3.05, 3.63) is 39.4 Å². The quantitative estimate of drug-likeness (QED) is 0.854. The summed E-state index contributed by atoms with van der Waals surface area (Å²) in [6.45, 7) is 6.66. The number of nitrogens with one attached hydrogen (secondary N) is 1. The van der Waals surface area contributed by atoms with Crippen molar-refractivity contribution in [3.63, 3.8) is 0 Å². The van der Waals surface area contributed by atoms with Crippen LogP contribution in [-0.4, -0.2) is 16.3 Å². The second kappa shape index (κ2) is 6.32. The summed E-state index contributed by atoms with van der Waals surface area (Å²) < 4.78 is 5.13. The van der Waals surface area contributed by atoms with Gasteiger partial charge in [-0.1, -0.05) is 11.2 Å². The minimum absolute atomic E-state index is 0.228. The van der Waals surface area contributed by atoms with Crippen LogP contribution >= 0.6 is 11.3 Å². The Bertz CT molecular complexity index is 488. The molecular formula is C14H20N2O2S. The predicted octanol–water partition coefficient (Wildman–Crippen LogP) is 2.95. The lowest BCUT2D eigenvalue weighted by atomic mass is 10.1. The van der Waals surface area contributed by atoms with Gasteiger partial charge in [-0.3, -0.25) is 0 Å². The van der Waals surface area contributed by atoms with E-state index in [1.807, 2.05) is 31.4 Å². The number of hydrogen-bond acceptors (Lipinski definition) is 5. The van der Waals surface area contributed by atoms with Crippen molar-refractivity contribution in [2.45, 2.75) is 45.9 Å². The van der Waals surface area contributed by atoms with Crippen LogP contribution in [0.3, 0.4) is 0 Å². The van der Waals surface area contributed by atoms with Crippen molar-refractivity contribution in [3.8, 4) is 0 Å². The highest BCUT2D eigenvalue weighted by Crippen LogP contribution is 2.23. The molecule has 4 nitrogen and oxygen atoms in total. The summed E-state index contributed by atoms with van der Waals surface area (Å²) in [6, 6.07) is 4.16. The number of aliphatic hydroxyl groups is 1. The smallest absolute Gasteiger partial charge is 0.138 e. The molecule has 0 radical (unpaired) electrons. The molecule has 5 heteroatoms. The second-order valence-electron chi connectivity index (χ2n) is 4.85. The van der Waals surface area contributed by atoms with E-state index in [1.54, 1.807) is 11.3 Å². The van der Waals surface area contributed by atoms with E-state index in [4.69, 9.17) is 4.52 Å². The molecule has 0 amide bonds. The van der Waals surface area contributed by atoms with Gasteiger partial charge in [-0.2, -0.15) is 0 Å². The third-order valence-corrected chi connectivity index (χ3v) is 4.23. The molecule has 0 fully saturated rings. The predicted molar refractivity (Wildman–Crippen MR) is 76.2 cm³/mol. The minimum atomic E-state index is -0.396. The third kappa shape index (κ3) is 3.65. The zero-order valence-electron chi connectivity index (χ0n) is 11.5. The van der Waals surface area contributed by atoms with E-state index in [9.17, 15) is 5.11 Å². The van der Waals surface area contributed by atoms with E-state index < -0.39 is 6.10 Å². The first-order valence-electron chi connectivity index (χ1n) is 6.44. The van der Waals surface area contributed by atoms with Gasteiger partial charge in [0.15, 0.2) is 0 Å². The number of aliphatic hydroxyl groups excluding tert-OH is 1. The summed E-state index contributed by atoms with van der Waals surface area (Å²) in [5.41, 5.74) is 2.04. The van der Waals surface area contributed by atoms with E-state index in [0.717, 1.165) is 28.4 Å². The van der Waals surface area contributed by atoms with Crippen LogP contribution in [0.1, 0.15) is 41.3 Å². The average molecular weight is 280 g/mol. The van der Waals surface area contributed by atoms with Crippen molar-refractivity contribution >= 4 is 11.3 Å². The monoisotopic (exact) mass is 280 g/mol. The van der Waals surface area contributed by atoms with Crippen LogP contribution < -0.4 is 5.32 Å². The Hall–Kier alpha value is -1.17. The Kier molecular flexibility index (Phi) is 4.74. The molecule has 0 aromatic carbocycles. The second-order valence-corrected chi connectivity index (χ2v) is 5.83. The summed E-state index contributed by atoms with van der Waals surface area (Å²) in [4.78, 5) is 1.02. The van der Waals surface area contributed by atoms with Gasteiger partial charge in [-0.25, -0.2) is 0 Å². The highest BCUT2D eigenvalue weighted by Gasteiger charge is 2.14. The Morgan fingerprint density at radius 1 is 1.47 bits per heavy atom. The lowest BCUT2D eigenvalue weighted by molar-refractivity contribution is 0.157. The molecule has 0 aliphatic carbocycles. The molecule has 0 saturated carbocycles. The van der Waals surface area contributed by atoms with Crippen LogP contribution in [-0.2, 0) is 6.54 Å². The summed E-state index contributed by atoms with van der Waals surface area (Å²) in [5, 5.41) is 19.4. The van der Waals surface area contributed by atoms with Gasteiger partial charge in [0, 0.05) is 23.0 Å². The molecule has 0 spiro atoms. The molecule has 0 bridgehead atoms. The molecule has 2 N–H and O–H groups in total. The molecule has 104 valence electrons. The number of thiophene rings is 1. The van der Waals surface area contributed by atoms with Gasteiger partial charge in [-0.05, 0) is 38.6 Å². The van der Waals surface area contributed by atoms with E-state index in [1.165, 1.54) is 0 Å². The van der Waals surface area contributed by atoms with Gasteiger partial charge in [0.2, 0.25) is 0 Å². The first-order chi connectivity index (χ1) is 9.08. The number of aromatic nitrogens is 1. The number of aryl methyl sites for hydroxylation is 2. The molecule has 2 aromatic heterocycles. The van der Waals surface area contributed by atoms with Crippen molar-refractivity contribution < 1.29 is 9.63 Å². The van der Waals surface area contributed by atoms with Crippen molar-refractivity contribution in [2.24, 2.45) is 0 Å². The Morgan fingerprint density at radius 3 is 2.84 bits per heavy atom. The SMILES string of the molecule is Cc1noc(C)c1CN[C@@H](C)C[C@H](O)c1cccs1. The molecular weight excluding hydrogens is 260 g/mol. The highest BCUT2D eigenvalue weighted by atomic mass is 32.1. The number of nitrogens with zero attached hydrogens (tertiary/aromatic N) is 1. The van der Waals surface area contributed by atoms with Crippen LogP contribution in [0.15, 0.2) is 22.0 Å². The zero-order valence-corrected chi connectivity index (χ0v) is 12.3. The average Bonchev–Trinajstić information content (AvgIpc) is 2.98. The number of rotatable bonds is 6. The molecule has 0 saturated heterocycles. The minimum Gasteiger partial charge on any atom is -0.388 e. The number of hydrogen-bond donors (Lipinski definition) is 2. The van der Waals surface area contributed by atoms with Gasteiger partial charge in [-0.15, -0.1) is 11.3 Å². The maximum Gasteiger partial charge on any atom is 0.138 e. The summed E-state index contributed by atoms with van der Waals surface area (Å²) in [6.07, 6.45) is 0.302. The molecule has 2 heterocycles. The zero-order chi connectivity index (χ0) is 13.8. The Morgan fingerprint density at radius 2 is 2.26 bits per heavy atom. The molecule has 2 atom stereocenters. The van der Waals surface area contributed by atoms with E-state index in [2.05, 4.69) is 17.4 Å². The first kappa shape index (κ1) is 14.2. The van der Waals surface area contributed by atoms with E-state index >= 15 is 0 Å². The normalized spacial score (nSPS) is 14.5. The summed E-state index contributed by atoms with van der Waals surface area (Å²) in [5.74, 6) is 0.857. The van der Waals surface area contributed by atoms with Crippen LogP contribution in [0, 0.1) is 13.8 Å². The molecule has 0 aliphatic rings. The standard InChI is InChI=1S/C14H20N2O2S/c1-9(7-13(17)14-5-4-6-19-14)15-8-12-10(2)16-18-11(12)3/h4-6,9,13,15,17H,7-8H2,1-3H3/t9-,13-/m0/s1. The van der Waals surface area contributed by atoms with Crippen LogP contribution in [0.25, 0.3) is 0 Å². The van der Waals surface area contributed by atoms with Crippen molar-refractivity contribution in [1.29, 1.82) is 0 Å². The van der Waals surface area contributed by atoms with Gasteiger partial charge in [0.05, 0.1) is 11.8 Å². The lowest BCUT2D eigenvalue weighted by Gasteiger charge is -2.17. The van der Waals surface area contributed by atoms with Crippen molar-refractivity contribution in [1.82, 2.24) is 10.5 Å². The lowest BCUT2D eigenvalue weighted by Crippen LogP contribution is -2.27. The maximum absolute atomic E-state index is 10.1. The fraction of sp³-hybridized carbons (Fsp3) is 0.500. The molecule has 2 aromatic rings. The van der Waals surface area contributed by atoms with Gasteiger partial charge in [0.25, 0.3) is 0 Å². The summed E-state index contributed by atoms with van der Waals surface area (Å²) in [7, 11) is 0. The van der Waals surface area contributed by atoms with Gasteiger partial charge < -0.3 is 14.9 Å². The molecule has 2 rings (SSSR count). The fourth-order valence-electron chi connectivity index (χ4n) is 2.05. The topological polar surface area (TPSA) is 58.3 Å². The Labute approximate surface area is 117 Å². The highest BCUT2D eigenvalue weighted by molar-refractivity contribution is 7.10. The molecule has 19 heavy (non-hydrogen) atoms. The third-order valence-electron chi connectivity index (χ3n) is 3.26. The fourth-order valence-corrected chi connectivity index (χ4v) is 2.77. The van der Waals surface area contributed by atoms with Crippen molar-refractivity contribution in [2.75, 3.05) is 0 Å². The van der Waals surface area contributed by atoms with Crippen LogP contribution in [0.5, 0.6) is 0 Å². The van der Waals surface area contributed by atoms with Gasteiger partial charge >= 0.3 is 0 Å². The maximum atomic E-state index is 10.1. The largest absolute Gasteiger partial charge is 0.388 e. The van der Waals surface area contributed by atoms with E-state index in [0.29, 0.717) is 6.42 Å². The van der Waals surface area contributed by atoms with Crippen LogP contribution in [0.2, 0.25) is 0 Å². The van der Waals surface area contributed by atoms with Gasteiger partial charge in [0.1, 0.15) is 5.76 Å². The Balaban J connectivity index is 1.83. The summed E-state index contributed by atoms with van der Waals surface area (Å²) >= 11 is 1.59. The van der Waals surface area contributed by atoms with E-state index in [-0.39, 0.29) is 6.04 Å².